The number of rotatable bonds is 10. The van der Waals surface area contributed by atoms with Gasteiger partial charge in [-0.3, -0.25) is 0 Å². The van der Waals surface area contributed by atoms with E-state index in [0.717, 1.165) is 30.7 Å². The third kappa shape index (κ3) is 7.72. The van der Waals surface area contributed by atoms with Crippen molar-refractivity contribution in [2.24, 2.45) is 0 Å². The van der Waals surface area contributed by atoms with E-state index in [9.17, 15) is 0 Å². The van der Waals surface area contributed by atoms with Crippen LogP contribution in [0.5, 0.6) is 5.75 Å². The molecule has 0 aliphatic heterocycles. The molecule has 18 heavy (non-hydrogen) atoms. The first-order valence-corrected chi connectivity index (χ1v) is 7.87. The summed E-state index contributed by atoms with van der Waals surface area (Å²) in [4.78, 5) is 2.39. The predicted octanol–water partition coefficient (Wildman–Crippen LogP) is 3.95. The first kappa shape index (κ1) is 15.5. The molecule has 0 saturated heterocycles. The number of ether oxygens (including phenoxy) is 1. The Hall–Kier alpha value is -0.540. The second-order valence-corrected chi connectivity index (χ2v) is 5.36. The van der Waals surface area contributed by atoms with Crippen LogP contribution in [0, 0.1) is 0 Å². The second kappa shape index (κ2) is 10.4. The molecule has 0 aliphatic carbocycles. The molecule has 0 unspecified atom stereocenters. The molecule has 102 valence electrons. The van der Waals surface area contributed by atoms with Gasteiger partial charge in [-0.1, -0.05) is 40.5 Å². The van der Waals surface area contributed by atoms with Gasteiger partial charge in [0, 0.05) is 11.9 Å². The Labute approximate surface area is 119 Å². The first-order valence-electron chi connectivity index (χ1n) is 6.75. The lowest BCUT2D eigenvalue weighted by atomic mass is 10.2. The highest BCUT2D eigenvalue weighted by molar-refractivity contribution is 9.09. The molecular weight excluding hydrogens is 290 g/mol. The molecule has 0 aliphatic rings. The van der Waals surface area contributed by atoms with E-state index in [1.807, 2.05) is 30.3 Å². The fraction of sp³-hybridized carbons (Fsp3) is 0.600. The van der Waals surface area contributed by atoms with Gasteiger partial charge in [0.05, 0.1) is 6.61 Å². The molecule has 0 radical (unpaired) electrons. The monoisotopic (exact) mass is 313 g/mol. The molecular formula is C15H24BrNO. The van der Waals surface area contributed by atoms with Gasteiger partial charge < -0.3 is 9.64 Å². The molecule has 3 heteroatoms. The van der Waals surface area contributed by atoms with Crippen LogP contribution in [0.2, 0.25) is 0 Å². The lowest BCUT2D eigenvalue weighted by Crippen LogP contribution is -2.22. The van der Waals surface area contributed by atoms with Crippen molar-refractivity contribution in [2.45, 2.75) is 25.7 Å². The summed E-state index contributed by atoms with van der Waals surface area (Å²) in [7, 11) is 2.19. The highest BCUT2D eigenvalue weighted by atomic mass is 79.9. The maximum Gasteiger partial charge on any atom is 0.119 e. The number of benzene rings is 1. The van der Waals surface area contributed by atoms with E-state index in [4.69, 9.17) is 4.74 Å². The highest BCUT2D eigenvalue weighted by Gasteiger charge is 1.98. The summed E-state index contributed by atoms with van der Waals surface area (Å²) >= 11 is 3.46. The van der Waals surface area contributed by atoms with Crippen molar-refractivity contribution in [2.75, 3.05) is 32.1 Å². The van der Waals surface area contributed by atoms with Crippen molar-refractivity contribution in [3.8, 4) is 5.75 Å². The van der Waals surface area contributed by atoms with E-state index in [-0.39, 0.29) is 0 Å². The molecule has 0 saturated carbocycles. The van der Waals surface area contributed by atoms with Crippen LogP contribution < -0.4 is 4.74 Å². The van der Waals surface area contributed by atoms with Crippen LogP contribution in [0.4, 0.5) is 0 Å². The third-order valence-electron chi connectivity index (χ3n) is 2.87. The van der Waals surface area contributed by atoms with Gasteiger partial charge in [0.25, 0.3) is 0 Å². The minimum Gasteiger partial charge on any atom is -0.494 e. The minimum atomic E-state index is 0.801. The normalized spacial score (nSPS) is 10.8. The summed E-state index contributed by atoms with van der Waals surface area (Å²) in [5.74, 6) is 0.970. The van der Waals surface area contributed by atoms with Gasteiger partial charge in [0.15, 0.2) is 0 Å². The molecule has 0 aromatic heterocycles. The Kier molecular flexibility index (Phi) is 8.96. The van der Waals surface area contributed by atoms with Crippen molar-refractivity contribution in [1.29, 1.82) is 0 Å². The van der Waals surface area contributed by atoms with E-state index in [0.29, 0.717) is 0 Å². The Morgan fingerprint density at radius 1 is 1.00 bits per heavy atom. The predicted molar refractivity (Wildman–Crippen MR) is 81.7 cm³/mol. The zero-order chi connectivity index (χ0) is 13.1. The minimum absolute atomic E-state index is 0.801. The van der Waals surface area contributed by atoms with Crippen molar-refractivity contribution in [3.05, 3.63) is 30.3 Å². The van der Waals surface area contributed by atoms with E-state index in [1.54, 1.807) is 0 Å². The molecule has 1 aromatic rings. The molecule has 1 rings (SSSR count). The van der Waals surface area contributed by atoms with Gasteiger partial charge in [0.1, 0.15) is 5.75 Å². The Balaban J connectivity index is 1.97. The number of hydrogen-bond acceptors (Lipinski definition) is 2. The summed E-state index contributed by atoms with van der Waals surface area (Å²) in [5.41, 5.74) is 0. The molecule has 0 spiro atoms. The molecule has 0 amide bonds. The Bertz CT molecular complexity index is 292. The zero-order valence-electron chi connectivity index (χ0n) is 11.3. The van der Waals surface area contributed by atoms with Crippen molar-refractivity contribution in [1.82, 2.24) is 4.90 Å². The van der Waals surface area contributed by atoms with Crippen molar-refractivity contribution >= 4 is 15.9 Å². The van der Waals surface area contributed by atoms with Gasteiger partial charge >= 0.3 is 0 Å². The maximum atomic E-state index is 5.67. The average molecular weight is 314 g/mol. The van der Waals surface area contributed by atoms with Gasteiger partial charge in [-0.25, -0.2) is 0 Å². The summed E-state index contributed by atoms with van der Waals surface area (Å²) in [6, 6.07) is 10.0. The van der Waals surface area contributed by atoms with Crippen LogP contribution in [0.1, 0.15) is 25.7 Å². The van der Waals surface area contributed by atoms with Crippen LogP contribution in [-0.4, -0.2) is 37.0 Å². The standard InChI is InChI=1S/C15H24BrNO/c1-17(12-7-3-6-11-16)13-8-14-18-15-9-4-2-5-10-15/h2,4-5,9-10H,3,6-8,11-14H2,1H3. The van der Waals surface area contributed by atoms with Crippen molar-refractivity contribution in [3.63, 3.8) is 0 Å². The summed E-state index contributed by atoms with van der Waals surface area (Å²) in [6.45, 7) is 3.11. The largest absolute Gasteiger partial charge is 0.494 e. The number of para-hydroxylation sites is 1. The lowest BCUT2D eigenvalue weighted by molar-refractivity contribution is 0.260. The van der Waals surface area contributed by atoms with Crippen LogP contribution in [-0.2, 0) is 0 Å². The second-order valence-electron chi connectivity index (χ2n) is 4.57. The number of alkyl halides is 1. The van der Waals surface area contributed by atoms with Gasteiger partial charge in [-0.15, -0.1) is 0 Å². The smallest absolute Gasteiger partial charge is 0.119 e. The molecule has 0 atom stereocenters. The molecule has 1 aromatic carbocycles. The number of nitrogens with zero attached hydrogens (tertiary/aromatic N) is 1. The van der Waals surface area contributed by atoms with Gasteiger partial charge in [-0.2, -0.15) is 0 Å². The zero-order valence-corrected chi connectivity index (χ0v) is 12.9. The number of unbranched alkanes of at least 4 members (excludes halogenated alkanes) is 2. The first-order chi connectivity index (χ1) is 8.83. The topological polar surface area (TPSA) is 12.5 Å². The molecule has 0 N–H and O–H groups in total. The van der Waals surface area contributed by atoms with Crippen molar-refractivity contribution < 1.29 is 4.74 Å². The van der Waals surface area contributed by atoms with Crippen LogP contribution in [0.3, 0.4) is 0 Å². The SMILES string of the molecule is CN(CCCCCBr)CCCOc1ccccc1. The summed E-state index contributed by atoms with van der Waals surface area (Å²) in [6.07, 6.45) is 4.98. The van der Waals surface area contributed by atoms with E-state index >= 15 is 0 Å². The van der Waals surface area contributed by atoms with Gasteiger partial charge in [0.2, 0.25) is 0 Å². The Morgan fingerprint density at radius 3 is 2.44 bits per heavy atom. The fourth-order valence-corrected chi connectivity index (χ4v) is 2.20. The summed E-state index contributed by atoms with van der Waals surface area (Å²) < 4.78 is 5.67. The van der Waals surface area contributed by atoms with E-state index < -0.39 is 0 Å². The van der Waals surface area contributed by atoms with E-state index in [1.165, 1.54) is 25.8 Å². The quantitative estimate of drug-likeness (QED) is 0.479. The van der Waals surface area contributed by atoms with Crippen LogP contribution in [0.15, 0.2) is 30.3 Å². The lowest BCUT2D eigenvalue weighted by Gasteiger charge is -2.16. The summed E-state index contributed by atoms with van der Waals surface area (Å²) in [5, 5.41) is 1.13. The average Bonchev–Trinajstić information content (AvgIpc) is 2.41. The number of hydrogen-bond donors (Lipinski definition) is 0. The fourth-order valence-electron chi connectivity index (χ4n) is 1.81. The van der Waals surface area contributed by atoms with E-state index in [2.05, 4.69) is 27.9 Å². The number of halogens is 1. The van der Waals surface area contributed by atoms with Crippen LogP contribution >= 0.6 is 15.9 Å². The van der Waals surface area contributed by atoms with Crippen LogP contribution in [0.25, 0.3) is 0 Å². The van der Waals surface area contributed by atoms with Gasteiger partial charge in [-0.05, 0) is 45.0 Å². The molecule has 0 heterocycles. The highest BCUT2D eigenvalue weighted by Crippen LogP contribution is 2.08. The molecule has 0 fully saturated rings. The molecule has 0 bridgehead atoms. The molecule has 2 nitrogen and oxygen atoms in total. The maximum absolute atomic E-state index is 5.67. The third-order valence-corrected chi connectivity index (χ3v) is 3.43. The Morgan fingerprint density at radius 2 is 1.72 bits per heavy atom.